The fraction of sp³-hybridized carbons (Fsp3) is 0.200. The maximum atomic E-state index is 12.0. The molecular formula is C15H15NO2. The summed E-state index contributed by atoms with van der Waals surface area (Å²) in [7, 11) is 1.59. The number of hydrogen-bond donors (Lipinski definition) is 0. The summed E-state index contributed by atoms with van der Waals surface area (Å²) in [6.07, 6.45) is 2.87. The first-order chi connectivity index (χ1) is 8.79. The third-order valence-electron chi connectivity index (χ3n) is 2.73. The van der Waals surface area contributed by atoms with Gasteiger partial charge in [0.15, 0.2) is 5.78 Å². The highest BCUT2D eigenvalue weighted by atomic mass is 16.5. The number of nitrogens with zero attached hydrogens (tertiary/aromatic N) is 1. The Morgan fingerprint density at radius 2 is 2.11 bits per heavy atom. The van der Waals surface area contributed by atoms with E-state index in [-0.39, 0.29) is 5.78 Å². The number of carbonyl (C=O) groups is 1. The van der Waals surface area contributed by atoms with E-state index in [0.29, 0.717) is 24.2 Å². The number of pyridine rings is 1. The van der Waals surface area contributed by atoms with Crippen LogP contribution < -0.4 is 4.74 Å². The van der Waals surface area contributed by atoms with Gasteiger partial charge in [0.25, 0.3) is 0 Å². The first kappa shape index (κ1) is 12.3. The van der Waals surface area contributed by atoms with Crippen LogP contribution in [0.2, 0.25) is 0 Å². The lowest BCUT2D eigenvalue weighted by atomic mass is 10.1. The Kier molecular flexibility index (Phi) is 4.07. The lowest BCUT2D eigenvalue weighted by Gasteiger charge is -2.03. The van der Waals surface area contributed by atoms with Crippen LogP contribution in [0.4, 0.5) is 0 Å². The van der Waals surface area contributed by atoms with Gasteiger partial charge in [0.05, 0.1) is 7.11 Å². The van der Waals surface area contributed by atoms with E-state index in [1.165, 1.54) is 0 Å². The van der Waals surface area contributed by atoms with E-state index in [1.807, 2.05) is 36.4 Å². The van der Waals surface area contributed by atoms with Crippen molar-refractivity contribution >= 4 is 5.78 Å². The minimum atomic E-state index is 0.111. The molecule has 0 amide bonds. The zero-order valence-corrected chi connectivity index (χ0v) is 10.3. The zero-order chi connectivity index (χ0) is 12.8. The lowest BCUT2D eigenvalue weighted by Crippen LogP contribution is -2.02. The molecule has 0 spiro atoms. The standard InChI is InChI=1S/C15H15NO2/c1-18-14-7-4-5-12(11-14)15(17)9-8-13-6-2-3-10-16-13/h2-7,10-11H,8-9H2,1H3. The highest BCUT2D eigenvalue weighted by Gasteiger charge is 2.07. The highest BCUT2D eigenvalue weighted by molar-refractivity contribution is 5.96. The monoisotopic (exact) mass is 241 g/mol. The van der Waals surface area contributed by atoms with Gasteiger partial charge in [-0.15, -0.1) is 0 Å². The number of aryl methyl sites for hydroxylation is 1. The number of ketones is 1. The molecule has 0 radical (unpaired) electrons. The van der Waals surface area contributed by atoms with Gasteiger partial charge in [-0.3, -0.25) is 9.78 Å². The predicted molar refractivity (Wildman–Crippen MR) is 69.9 cm³/mol. The third-order valence-corrected chi connectivity index (χ3v) is 2.73. The molecule has 0 aliphatic heterocycles. The minimum absolute atomic E-state index is 0.111. The Balaban J connectivity index is 1.99. The van der Waals surface area contributed by atoms with Crippen molar-refractivity contribution in [3.63, 3.8) is 0 Å². The SMILES string of the molecule is COc1cccc(C(=O)CCc2ccccn2)c1. The molecular weight excluding hydrogens is 226 g/mol. The van der Waals surface area contributed by atoms with E-state index >= 15 is 0 Å². The molecule has 0 bridgehead atoms. The van der Waals surface area contributed by atoms with Gasteiger partial charge in [-0.25, -0.2) is 0 Å². The normalized spacial score (nSPS) is 10.1. The van der Waals surface area contributed by atoms with Crippen molar-refractivity contribution in [3.8, 4) is 5.75 Å². The number of carbonyl (C=O) groups excluding carboxylic acids is 1. The van der Waals surface area contributed by atoms with Crippen molar-refractivity contribution in [2.75, 3.05) is 7.11 Å². The van der Waals surface area contributed by atoms with Crippen molar-refractivity contribution in [1.82, 2.24) is 4.98 Å². The Hall–Kier alpha value is -2.16. The van der Waals surface area contributed by atoms with Crippen LogP contribution in [0.3, 0.4) is 0 Å². The van der Waals surface area contributed by atoms with Crippen LogP contribution in [-0.4, -0.2) is 17.9 Å². The Bertz CT molecular complexity index is 523. The number of ether oxygens (including phenoxy) is 1. The Labute approximate surface area is 106 Å². The molecule has 0 aliphatic rings. The molecule has 0 unspecified atom stereocenters. The van der Waals surface area contributed by atoms with Gasteiger partial charge in [-0.1, -0.05) is 18.2 Å². The summed E-state index contributed by atoms with van der Waals surface area (Å²) >= 11 is 0. The molecule has 0 saturated carbocycles. The molecule has 1 aromatic carbocycles. The Morgan fingerprint density at radius 1 is 1.22 bits per heavy atom. The number of Topliss-reactive ketones (excluding diaryl/α,β-unsaturated/α-hetero) is 1. The molecule has 0 fully saturated rings. The summed E-state index contributed by atoms with van der Waals surface area (Å²) in [4.78, 5) is 16.2. The maximum absolute atomic E-state index is 12.0. The van der Waals surface area contributed by atoms with Gasteiger partial charge < -0.3 is 4.74 Å². The van der Waals surface area contributed by atoms with E-state index in [1.54, 1.807) is 19.4 Å². The predicted octanol–water partition coefficient (Wildman–Crippen LogP) is 2.91. The summed E-state index contributed by atoms with van der Waals surface area (Å²) in [6.45, 7) is 0. The minimum Gasteiger partial charge on any atom is -0.497 e. The Morgan fingerprint density at radius 3 is 2.83 bits per heavy atom. The average Bonchev–Trinajstić information content (AvgIpc) is 2.46. The quantitative estimate of drug-likeness (QED) is 0.755. The second kappa shape index (κ2) is 5.96. The molecule has 0 N–H and O–H groups in total. The molecule has 0 atom stereocenters. The number of hydrogen-bond acceptors (Lipinski definition) is 3. The molecule has 0 saturated heterocycles. The molecule has 1 aromatic heterocycles. The zero-order valence-electron chi connectivity index (χ0n) is 10.3. The van der Waals surface area contributed by atoms with Crippen LogP contribution in [0.25, 0.3) is 0 Å². The van der Waals surface area contributed by atoms with Crippen molar-refractivity contribution < 1.29 is 9.53 Å². The van der Waals surface area contributed by atoms with Crippen molar-refractivity contribution in [1.29, 1.82) is 0 Å². The maximum Gasteiger partial charge on any atom is 0.163 e. The van der Waals surface area contributed by atoms with E-state index in [0.717, 1.165) is 5.69 Å². The van der Waals surface area contributed by atoms with Crippen molar-refractivity contribution in [3.05, 3.63) is 59.9 Å². The van der Waals surface area contributed by atoms with E-state index in [4.69, 9.17) is 4.74 Å². The molecule has 0 aliphatic carbocycles. The van der Waals surface area contributed by atoms with Crippen molar-refractivity contribution in [2.24, 2.45) is 0 Å². The molecule has 3 heteroatoms. The van der Waals surface area contributed by atoms with Gasteiger partial charge in [-0.05, 0) is 30.7 Å². The van der Waals surface area contributed by atoms with Gasteiger partial charge in [0.1, 0.15) is 5.75 Å². The second-order valence-corrected chi connectivity index (χ2v) is 3.98. The molecule has 1 heterocycles. The molecule has 18 heavy (non-hydrogen) atoms. The second-order valence-electron chi connectivity index (χ2n) is 3.98. The summed E-state index contributed by atoms with van der Waals surface area (Å²) < 4.78 is 5.10. The van der Waals surface area contributed by atoms with Crippen LogP contribution >= 0.6 is 0 Å². The fourth-order valence-electron chi connectivity index (χ4n) is 1.73. The molecule has 3 nitrogen and oxygen atoms in total. The van der Waals surface area contributed by atoms with E-state index in [9.17, 15) is 4.79 Å². The highest BCUT2D eigenvalue weighted by Crippen LogP contribution is 2.14. The number of benzene rings is 1. The van der Waals surface area contributed by atoms with Crippen LogP contribution in [0.5, 0.6) is 5.75 Å². The number of methoxy groups -OCH3 is 1. The van der Waals surface area contributed by atoms with Gasteiger partial charge in [0.2, 0.25) is 0 Å². The first-order valence-electron chi connectivity index (χ1n) is 5.87. The summed E-state index contributed by atoms with van der Waals surface area (Å²) in [5.41, 5.74) is 1.62. The van der Waals surface area contributed by atoms with E-state index < -0.39 is 0 Å². The topological polar surface area (TPSA) is 39.2 Å². The third kappa shape index (κ3) is 3.17. The van der Waals surface area contributed by atoms with Crippen LogP contribution in [-0.2, 0) is 6.42 Å². The van der Waals surface area contributed by atoms with Gasteiger partial charge in [0, 0.05) is 23.9 Å². The number of rotatable bonds is 5. The van der Waals surface area contributed by atoms with Gasteiger partial charge in [-0.2, -0.15) is 0 Å². The van der Waals surface area contributed by atoms with E-state index in [2.05, 4.69) is 4.98 Å². The lowest BCUT2D eigenvalue weighted by molar-refractivity contribution is 0.0982. The fourth-order valence-corrected chi connectivity index (χ4v) is 1.73. The van der Waals surface area contributed by atoms with Crippen LogP contribution in [0, 0.1) is 0 Å². The average molecular weight is 241 g/mol. The van der Waals surface area contributed by atoms with Gasteiger partial charge >= 0.3 is 0 Å². The summed E-state index contributed by atoms with van der Waals surface area (Å²) in [5, 5.41) is 0. The summed E-state index contributed by atoms with van der Waals surface area (Å²) in [6, 6.07) is 13.0. The van der Waals surface area contributed by atoms with Crippen LogP contribution in [0.1, 0.15) is 22.5 Å². The van der Waals surface area contributed by atoms with Crippen molar-refractivity contribution in [2.45, 2.75) is 12.8 Å². The first-order valence-corrected chi connectivity index (χ1v) is 5.87. The largest absolute Gasteiger partial charge is 0.497 e. The summed E-state index contributed by atoms with van der Waals surface area (Å²) in [5.74, 6) is 0.818. The molecule has 2 rings (SSSR count). The van der Waals surface area contributed by atoms with Crippen LogP contribution in [0.15, 0.2) is 48.7 Å². The smallest absolute Gasteiger partial charge is 0.163 e. The molecule has 2 aromatic rings. The molecule has 92 valence electrons. The number of aromatic nitrogens is 1.